The fraction of sp³-hybridized carbons (Fsp3) is 0.636. The van der Waals surface area contributed by atoms with Crippen LogP contribution in [0.4, 0.5) is 0 Å². The molecule has 2 rings (SSSR count). The van der Waals surface area contributed by atoms with Gasteiger partial charge in [0, 0.05) is 25.4 Å². The van der Waals surface area contributed by atoms with Crippen LogP contribution in [-0.2, 0) is 11.3 Å². The van der Waals surface area contributed by atoms with E-state index >= 15 is 0 Å². The van der Waals surface area contributed by atoms with Crippen molar-refractivity contribution in [3.05, 3.63) is 24.0 Å². The summed E-state index contributed by atoms with van der Waals surface area (Å²) >= 11 is 0. The van der Waals surface area contributed by atoms with Gasteiger partial charge in [-0.25, -0.2) is 0 Å². The van der Waals surface area contributed by atoms with Gasteiger partial charge in [0.2, 0.25) is 0 Å². The third kappa shape index (κ3) is 2.97. The summed E-state index contributed by atoms with van der Waals surface area (Å²) < 4.78 is 5.49. The Labute approximate surface area is 90.1 Å². The fourth-order valence-corrected chi connectivity index (χ4v) is 1.78. The molecule has 1 N–H and O–H groups in total. The molecule has 0 aliphatic heterocycles. The number of hydrogen-bond acceptors (Lipinski definition) is 4. The fourth-order valence-electron chi connectivity index (χ4n) is 1.78. The topological polar surface area (TPSA) is 47.0 Å². The Morgan fingerprint density at radius 1 is 1.53 bits per heavy atom. The maximum absolute atomic E-state index is 5.49. The number of hydrogen-bond donors (Lipinski definition) is 1. The van der Waals surface area contributed by atoms with Crippen LogP contribution in [0.15, 0.2) is 18.3 Å². The van der Waals surface area contributed by atoms with Gasteiger partial charge in [-0.2, -0.15) is 10.2 Å². The molecule has 0 unspecified atom stereocenters. The molecule has 82 valence electrons. The zero-order chi connectivity index (χ0) is 10.5. The minimum atomic E-state index is 0.467. The van der Waals surface area contributed by atoms with E-state index in [1.54, 1.807) is 6.20 Å². The van der Waals surface area contributed by atoms with Crippen LogP contribution in [0.5, 0.6) is 0 Å². The molecular weight excluding hydrogens is 190 g/mol. The lowest BCUT2D eigenvalue weighted by atomic mass is 9.89. The predicted octanol–water partition coefficient (Wildman–Crippen LogP) is 1.13. The summed E-state index contributed by atoms with van der Waals surface area (Å²) in [7, 11) is 0. The Bertz CT molecular complexity index is 285. The molecule has 1 heterocycles. The molecule has 0 bridgehead atoms. The highest BCUT2D eigenvalue weighted by Crippen LogP contribution is 2.23. The van der Waals surface area contributed by atoms with Crippen LogP contribution in [0.1, 0.15) is 25.5 Å². The highest BCUT2D eigenvalue weighted by molar-refractivity contribution is 4.99. The number of aromatic nitrogens is 2. The van der Waals surface area contributed by atoms with Crippen LogP contribution < -0.4 is 5.32 Å². The molecule has 1 aliphatic rings. The van der Waals surface area contributed by atoms with Crippen LogP contribution in [0.25, 0.3) is 0 Å². The summed E-state index contributed by atoms with van der Waals surface area (Å²) in [6.45, 7) is 3.67. The van der Waals surface area contributed by atoms with Crippen LogP contribution in [0.2, 0.25) is 0 Å². The first-order valence-electron chi connectivity index (χ1n) is 5.50. The van der Waals surface area contributed by atoms with E-state index in [2.05, 4.69) is 15.5 Å². The Morgan fingerprint density at radius 2 is 2.40 bits per heavy atom. The minimum Gasteiger partial charge on any atom is -0.378 e. The first kappa shape index (κ1) is 10.5. The van der Waals surface area contributed by atoms with E-state index in [0.29, 0.717) is 12.1 Å². The lowest BCUT2D eigenvalue weighted by Gasteiger charge is -2.35. The first-order valence-corrected chi connectivity index (χ1v) is 5.50. The van der Waals surface area contributed by atoms with E-state index in [9.17, 15) is 0 Å². The molecule has 1 saturated carbocycles. The van der Waals surface area contributed by atoms with Crippen molar-refractivity contribution in [2.75, 3.05) is 6.61 Å². The molecule has 4 nitrogen and oxygen atoms in total. The van der Waals surface area contributed by atoms with Gasteiger partial charge >= 0.3 is 0 Å². The second-order valence-corrected chi connectivity index (χ2v) is 3.84. The van der Waals surface area contributed by atoms with Gasteiger partial charge in [0.15, 0.2) is 0 Å². The minimum absolute atomic E-state index is 0.467. The molecule has 0 radical (unpaired) electrons. The van der Waals surface area contributed by atoms with Crippen molar-refractivity contribution in [1.82, 2.24) is 15.5 Å². The molecule has 0 atom stereocenters. The summed E-state index contributed by atoms with van der Waals surface area (Å²) in [5.74, 6) is 0. The maximum atomic E-state index is 5.49. The van der Waals surface area contributed by atoms with E-state index in [1.807, 2.05) is 19.1 Å². The molecule has 15 heavy (non-hydrogen) atoms. The Balaban J connectivity index is 1.64. The second kappa shape index (κ2) is 5.19. The molecule has 1 aromatic heterocycles. The highest BCUT2D eigenvalue weighted by atomic mass is 16.5. The smallest absolute Gasteiger partial charge is 0.0769 e. The molecule has 4 heteroatoms. The molecule has 0 saturated heterocycles. The second-order valence-electron chi connectivity index (χ2n) is 3.84. The van der Waals surface area contributed by atoms with E-state index in [0.717, 1.165) is 31.7 Å². The van der Waals surface area contributed by atoms with Gasteiger partial charge in [0.05, 0.1) is 11.8 Å². The van der Waals surface area contributed by atoms with Gasteiger partial charge in [0.25, 0.3) is 0 Å². The van der Waals surface area contributed by atoms with Gasteiger partial charge in [-0.15, -0.1) is 0 Å². The molecule has 0 aromatic carbocycles. The van der Waals surface area contributed by atoms with Crippen LogP contribution in [-0.4, -0.2) is 29.0 Å². The van der Waals surface area contributed by atoms with Crippen molar-refractivity contribution in [2.45, 2.75) is 38.5 Å². The third-order valence-electron chi connectivity index (χ3n) is 2.70. The summed E-state index contributed by atoms with van der Waals surface area (Å²) in [5, 5.41) is 11.3. The van der Waals surface area contributed by atoms with Crippen LogP contribution in [0, 0.1) is 0 Å². The van der Waals surface area contributed by atoms with Gasteiger partial charge in [0.1, 0.15) is 0 Å². The van der Waals surface area contributed by atoms with E-state index in [1.165, 1.54) is 0 Å². The Morgan fingerprint density at radius 3 is 3.07 bits per heavy atom. The monoisotopic (exact) mass is 207 g/mol. The van der Waals surface area contributed by atoms with E-state index in [4.69, 9.17) is 4.74 Å². The van der Waals surface area contributed by atoms with Crippen molar-refractivity contribution >= 4 is 0 Å². The average Bonchev–Trinajstić information content (AvgIpc) is 2.23. The maximum Gasteiger partial charge on any atom is 0.0769 e. The molecule has 1 aromatic rings. The lowest BCUT2D eigenvalue weighted by molar-refractivity contribution is -0.0103. The van der Waals surface area contributed by atoms with Crippen molar-refractivity contribution in [1.29, 1.82) is 0 Å². The summed E-state index contributed by atoms with van der Waals surface area (Å²) in [4.78, 5) is 0. The number of ether oxygens (including phenoxy) is 1. The summed E-state index contributed by atoms with van der Waals surface area (Å²) in [6.07, 6.45) is 4.40. The quantitative estimate of drug-likeness (QED) is 0.786. The number of rotatable bonds is 5. The highest BCUT2D eigenvalue weighted by Gasteiger charge is 2.28. The molecule has 1 fully saturated rings. The van der Waals surface area contributed by atoms with Crippen LogP contribution in [0.3, 0.4) is 0 Å². The van der Waals surface area contributed by atoms with Gasteiger partial charge in [-0.3, -0.25) is 0 Å². The normalized spacial score (nSPS) is 24.9. The summed E-state index contributed by atoms with van der Waals surface area (Å²) in [5.41, 5.74) is 0.998. The molecule has 0 amide bonds. The average molecular weight is 207 g/mol. The van der Waals surface area contributed by atoms with Gasteiger partial charge in [-0.05, 0) is 31.9 Å². The molecule has 1 aliphatic carbocycles. The van der Waals surface area contributed by atoms with Gasteiger partial charge < -0.3 is 10.1 Å². The standard InChI is InChI=1S/C11H17N3O/c1-2-15-11-6-10(7-11)12-8-9-4-3-5-13-14-9/h3-5,10-12H,2,6-8H2,1H3. The van der Waals surface area contributed by atoms with Gasteiger partial charge in [-0.1, -0.05) is 0 Å². The Kier molecular flexibility index (Phi) is 3.64. The summed E-state index contributed by atoms with van der Waals surface area (Å²) in [6, 6.07) is 4.48. The SMILES string of the molecule is CCOC1CC(NCc2cccnn2)C1. The zero-order valence-corrected chi connectivity index (χ0v) is 9.02. The van der Waals surface area contributed by atoms with Crippen molar-refractivity contribution < 1.29 is 4.74 Å². The predicted molar refractivity (Wildman–Crippen MR) is 57.3 cm³/mol. The van der Waals surface area contributed by atoms with E-state index in [-0.39, 0.29) is 0 Å². The zero-order valence-electron chi connectivity index (χ0n) is 9.02. The Hall–Kier alpha value is -1.00. The van der Waals surface area contributed by atoms with Crippen LogP contribution >= 0.6 is 0 Å². The third-order valence-corrected chi connectivity index (χ3v) is 2.70. The number of nitrogens with one attached hydrogen (secondary N) is 1. The number of nitrogens with zero attached hydrogens (tertiary/aromatic N) is 2. The first-order chi connectivity index (χ1) is 7.38. The molecule has 0 spiro atoms. The lowest BCUT2D eigenvalue weighted by Crippen LogP contribution is -2.45. The van der Waals surface area contributed by atoms with Crippen molar-refractivity contribution in [2.24, 2.45) is 0 Å². The van der Waals surface area contributed by atoms with Crippen molar-refractivity contribution in [3.63, 3.8) is 0 Å². The largest absolute Gasteiger partial charge is 0.378 e. The van der Waals surface area contributed by atoms with E-state index < -0.39 is 0 Å². The van der Waals surface area contributed by atoms with Crippen molar-refractivity contribution in [3.8, 4) is 0 Å². The molecular formula is C11H17N3O.